The molecule has 4 nitrogen and oxygen atoms in total. The molecule has 1 heterocycles. The van der Waals surface area contributed by atoms with Crippen LogP contribution in [0.2, 0.25) is 0 Å². The molecule has 0 aliphatic heterocycles. The molecule has 0 spiro atoms. The SMILES string of the molecule is N#Cc1ccc(/C=C\c2nn(-c3ccccc3)c3c(=O)ccccc23)cc1. The molecule has 0 aliphatic carbocycles. The fourth-order valence-electron chi connectivity index (χ4n) is 2.95. The Balaban J connectivity index is 1.87. The van der Waals surface area contributed by atoms with E-state index in [1.54, 1.807) is 28.9 Å². The normalized spacial score (nSPS) is 10.9. The molecule has 27 heavy (non-hydrogen) atoms. The van der Waals surface area contributed by atoms with Gasteiger partial charge in [-0.15, -0.1) is 0 Å². The molecular formula is C23H15N3O. The van der Waals surface area contributed by atoms with Crippen molar-refractivity contribution < 1.29 is 0 Å². The van der Waals surface area contributed by atoms with Crippen LogP contribution >= 0.6 is 0 Å². The summed E-state index contributed by atoms with van der Waals surface area (Å²) in [5, 5.41) is 14.4. The Kier molecular flexibility index (Phi) is 4.34. The summed E-state index contributed by atoms with van der Waals surface area (Å²) < 4.78 is 1.69. The lowest BCUT2D eigenvalue weighted by Gasteiger charge is -2.00. The first-order chi connectivity index (χ1) is 13.3. The molecule has 0 unspecified atom stereocenters. The Morgan fingerprint density at radius 3 is 2.30 bits per heavy atom. The summed E-state index contributed by atoms with van der Waals surface area (Å²) in [4.78, 5) is 12.6. The standard InChI is InChI=1S/C23H15N3O/c24-16-18-12-10-17(11-13-18)14-15-21-20-8-4-5-9-22(27)23(20)26(25-21)19-6-2-1-3-7-19/h1-15H/b15-14-. The van der Waals surface area contributed by atoms with Crippen molar-refractivity contribution in [3.05, 3.63) is 106 Å². The first-order valence-electron chi connectivity index (χ1n) is 8.52. The first kappa shape index (κ1) is 16.5. The van der Waals surface area contributed by atoms with Crippen molar-refractivity contribution in [1.82, 2.24) is 9.78 Å². The minimum absolute atomic E-state index is 0.0793. The van der Waals surface area contributed by atoms with Crippen LogP contribution in [0, 0.1) is 11.3 Å². The molecule has 0 amide bonds. The molecule has 0 radical (unpaired) electrons. The van der Waals surface area contributed by atoms with E-state index in [1.807, 2.05) is 66.7 Å². The van der Waals surface area contributed by atoms with Crippen LogP contribution in [0.5, 0.6) is 0 Å². The number of nitrogens with zero attached hydrogens (tertiary/aromatic N) is 3. The van der Waals surface area contributed by atoms with E-state index >= 15 is 0 Å². The Bertz CT molecular complexity index is 1230. The Labute approximate surface area is 156 Å². The number of rotatable bonds is 3. The third-order valence-corrected chi connectivity index (χ3v) is 4.28. The molecule has 128 valence electrons. The number of aromatic nitrogens is 2. The van der Waals surface area contributed by atoms with Gasteiger partial charge in [-0.1, -0.05) is 54.6 Å². The molecule has 4 heteroatoms. The van der Waals surface area contributed by atoms with Gasteiger partial charge in [0.25, 0.3) is 0 Å². The molecule has 0 saturated carbocycles. The maximum atomic E-state index is 12.6. The van der Waals surface area contributed by atoms with Crippen molar-refractivity contribution in [2.75, 3.05) is 0 Å². The maximum absolute atomic E-state index is 12.6. The van der Waals surface area contributed by atoms with Crippen LogP contribution in [0.1, 0.15) is 16.8 Å². The van der Waals surface area contributed by atoms with E-state index in [4.69, 9.17) is 5.26 Å². The summed E-state index contributed by atoms with van der Waals surface area (Å²) in [5.41, 5.74) is 3.60. The van der Waals surface area contributed by atoms with E-state index in [1.165, 1.54) is 0 Å². The van der Waals surface area contributed by atoms with Crippen LogP contribution in [0.4, 0.5) is 0 Å². The fourth-order valence-corrected chi connectivity index (χ4v) is 2.95. The molecule has 0 fully saturated rings. The topological polar surface area (TPSA) is 58.7 Å². The van der Waals surface area contributed by atoms with Crippen LogP contribution in [0.25, 0.3) is 28.7 Å². The molecule has 3 aromatic carbocycles. The van der Waals surface area contributed by atoms with Crippen molar-refractivity contribution >= 4 is 23.1 Å². The zero-order valence-electron chi connectivity index (χ0n) is 14.4. The third-order valence-electron chi connectivity index (χ3n) is 4.28. The number of hydrogen-bond donors (Lipinski definition) is 0. The van der Waals surface area contributed by atoms with Gasteiger partial charge in [0.2, 0.25) is 5.43 Å². The fraction of sp³-hybridized carbons (Fsp3) is 0. The quantitative estimate of drug-likeness (QED) is 0.550. The van der Waals surface area contributed by atoms with Gasteiger partial charge in [0.15, 0.2) is 0 Å². The molecule has 0 aliphatic rings. The molecule has 0 atom stereocenters. The monoisotopic (exact) mass is 349 g/mol. The Hall–Kier alpha value is -3.97. The van der Waals surface area contributed by atoms with Crippen molar-refractivity contribution in [2.45, 2.75) is 0 Å². The lowest BCUT2D eigenvalue weighted by atomic mass is 10.1. The number of fused-ring (bicyclic) bond motifs is 1. The van der Waals surface area contributed by atoms with Gasteiger partial charge in [-0.05, 0) is 42.0 Å². The molecule has 4 aromatic rings. The second-order valence-corrected chi connectivity index (χ2v) is 6.04. The summed E-state index contributed by atoms with van der Waals surface area (Å²) in [5.74, 6) is 0. The highest BCUT2D eigenvalue weighted by molar-refractivity contribution is 5.90. The average Bonchev–Trinajstić information content (AvgIpc) is 2.98. The highest BCUT2D eigenvalue weighted by Crippen LogP contribution is 2.21. The van der Waals surface area contributed by atoms with Crippen molar-refractivity contribution in [3.8, 4) is 11.8 Å². The van der Waals surface area contributed by atoms with E-state index < -0.39 is 0 Å². The Morgan fingerprint density at radius 1 is 0.852 bits per heavy atom. The van der Waals surface area contributed by atoms with Crippen molar-refractivity contribution in [3.63, 3.8) is 0 Å². The number of nitriles is 1. The number of hydrogen-bond acceptors (Lipinski definition) is 3. The van der Waals surface area contributed by atoms with E-state index in [0.717, 1.165) is 16.6 Å². The smallest absolute Gasteiger partial charge is 0.204 e. The van der Waals surface area contributed by atoms with Gasteiger partial charge in [-0.3, -0.25) is 4.79 Å². The van der Waals surface area contributed by atoms with Gasteiger partial charge in [0, 0.05) is 5.39 Å². The molecule has 0 N–H and O–H groups in total. The zero-order valence-corrected chi connectivity index (χ0v) is 14.4. The predicted molar refractivity (Wildman–Crippen MR) is 107 cm³/mol. The molecule has 1 aromatic heterocycles. The summed E-state index contributed by atoms with van der Waals surface area (Å²) in [6, 6.07) is 26.1. The van der Waals surface area contributed by atoms with Crippen LogP contribution in [0.15, 0.2) is 83.7 Å². The molecular weight excluding hydrogens is 334 g/mol. The Morgan fingerprint density at radius 2 is 1.56 bits per heavy atom. The summed E-state index contributed by atoms with van der Waals surface area (Å²) >= 11 is 0. The minimum atomic E-state index is -0.0793. The van der Waals surface area contributed by atoms with E-state index in [-0.39, 0.29) is 5.43 Å². The van der Waals surface area contributed by atoms with Crippen molar-refractivity contribution in [1.29, 1.82) is 5.26 Å². The van der Waals surface area contributed by atoms with Gasteiger partial charge in [-0.25, -0.2) is 4.68 Å². The number of para-hydroxylation sites is 1. The highest BCUT2D eigenvalue weighted by Gasteiger charge is 2.11. The summed E-state index contributed by atoms with van der Waals surface area (Å²) in [6.07, 6.45) is 3.82. The van der Waals surface area contributed by atoms with Crippen LogP contribution in [-0.2, 0) is 0 Å². The molecule has 4 rings (SSSR count). The van der Waals surface area contributed by atoms with Gasteiger partial charge in [-0.2, -0.15) is 10.4 Å². The highest BCUT2D eigenvalue weighted by atomic mass is 16.1. The maximum Gasteiger partial charge on any atom is 0.204 e. The van der Waals surface area contributed by atoms with Gasteiger partial charge in [0.05, 0.1) is 23.0 Å². The van der Waals surface area contributed by atoms with E-state index in [2.05, 4.69) is 11.2 Å². The number of benzene rings is 2. The van der Waals surface area contributed by atoms with E-state index in [9.17, 15) is 4.79 Å². The zero-order chi connectivity index (χ0) is 18.6. The van der Waals surface area contributed by atoms with Gasteiger partial charge >= 0.3 is 0 Å². The van der Waals surface area contributed by atoms with Crippen molar-refractivity contribution in [2.24, 2.45) is 0 Å². The van der Waals surface area contributed by atoms with Gasteiger partial charge in [0.1, 0.15) is 5.52 Å². The lowest BCUT2D eigenvalue weighted by molar-refractivity contribution is 0.902. The molecule has 0 bridgehead atoms. The largest absolute Gasteiger partial charge is 0.288 e. The van der Waals surface area contributed by atoms with Crippen LogP contribution in [-0.4, -0.2) is 9.78 Å². The lowest BCUT2D eigenvalue weighted by Crippen LogP contribution is -2.04. The van der Waals surface area contributed by atoms with Gasteiger partial charge < -0.3 is 0 Å². The second kappa shape index (κ2) is 7.11. The summed E-state index contributed by atoms with van der Waals surface area (Å²) in [6.45, 7) is 0. The predicted octanol–water partition coefficient (Wildman–Crippen LogP) is 4.43. The van der Waals surface area contributed by atoms with Crippen LogP contribution in [0.3, 0.4) is 0 Å². The minimum Gasteiger partial charge on any atom is -0.288 e. The molecule has 0 saturated heterocycles. The average molecular weight is 349 g/mol. The first-order valence-corrected chi connectivity index (χ1v) is 8.52. The van der Waals surface area contributed by atoms with E-state index in [0.29, 0.717) is 16.8 Å². The second-order valence-electron chi connectivity index (χ2n) is 6.04. The summed E-state index contributed by atoms with van der Waals surface area (Å²) in [7, 11) is 0. The van der Waals surface area contributed by atoms with Crippen LogP contribution < -0.4 is 5.43 Å². The third kappa shape index (κ3) is 3.26.